The van der Waals surface area contributed by atoms with Gasteiger partial charge in [0.05, 0.1) is 4.90 Å². The van der Waals surface area contributed by atoms with Gasteiger partial charge in [-0.05, 0) is 36.0 Å². The largest absolute Gasteiger partial charge is 0.396 e. The first-order valence-electron chi connectivity index (χ1n) is 6.81. The van der Waals surface area contributed by atoms with Crippen LogP contribution in [-0.4, -0.2) is 26.2 Å². The zero-order valence-electron chi connectivity index (χ0n) is 12.8. The van der Waals surface area contributed by atoms with Crippen molar-refractivity contribution in [2.75, 3.05) is 6.61 Å². The highest BCUT2D eigenvalue weighted by molar-refractivity contribution is 7.89. The standard InChI is InChI=1S/C15H25NO3S/c1-11(10-17)12(2)16-20(18,19)14-8-6-13(7-9-14)15(3,4)5/h6-9,11-12,16-17H,10H2,1-5H3. The lowest BCUT2D eigenvalue weighted by atomic mass is 9.87. The molecule has 0 aliphatic rings. The van der Waals surface area contributed by atoms with Crippen molar-refractivity contribution < 1.29 is 13.5 Å². The highest BCUT2D eigenvalue weighted by Crippen LogP contribution is 2.23. The molecule has 2 atom stereocenters. The van der Waals surface area contributed by atoms with E-state index in [1.54, 1.807) is 26.0 Å². The SMILES string of the molecule is CC(CO)C(C)NS(=O)(=O)c1ccc(C(C)(C)C)cc1. The van der Waals surface area contributed by atoms with Gasteiger partial charge in [0, 0.05) is 12.6 Å². The molecule has 20 heavy (non-hydrogen) atoms. The monoisotopic (exact) mass is 299 g/mol. The fraction of sp³-hybridized carbons (Fsp3) is 0.600. The molecule has 0 radical (unpaired) electrons. The molecule has 1 aromatic rings. The van der Waals surface area contributed by atoms with Crippen LogP contribution in [0.2, 0.25) is 0 Å². The molecule has 4 nitrogen and oxygen atoms in total. The van der Waals surface area contributed by atoms with Gasteiger partial charge < -0.3 is 5.11 Å². The molecule has 5 heteroatoms. The van der Waals surface area contributed by atoms with Crippen molar-refractivity contribution in [3.05, 3.63) is 29.8 Å². The summed E-state index contributed by atoms with van der Waals surface area (Å²) in [6, 6.07) is 6.62. The van der Waals surface area contributed by atoms with E-state index in [1.807, 2.05) is 12.1 Å². The van der Waals surface area contributed by atoms with E-state index in [0.717, 1.165) is 5.56 Å². The van der Waals surface area contributed by atoms with Crippen LogP contribution in [0, 0.1) is 5.92 Å². The summed E-state index contributed by atoms with van der Waals surface area (Å²) in [5, 5.41) is 9.06. The minimum Gasteiger partial charge on any atom is -0.396 e. The van der Waals surface area contributed by atoms with Crippen LogP contribution in [0.15, 0.2) is 29.2 Å². The summed E-state index contributed by atoms with van der Waals surface area (Å²) in [5.41, 5.74) is 1.09. The van der Waals surface area contributed by atoms with Gasteiger partial charge in [-0.2, -0.15) is 0 Å². The number of rotatable bonds is 5. The van der Waals surface area contributed by atoms with E-state index in [0.29, 0.717) is 0 Å². The predicted octanol–water partition coefficient (Wildman–Crippen LogP) is 2.28. The van der Waals surface area contributed by atoms with E-state index in [2.05, 4.69) is 25.5 Å². The Morgan fingerprint density at radius 1 is 1.15 bits per heavy atom. The number of hydrogen-bond acceptors (Lipinski definition) is 3. The van der Waals surface area contributed by atoms with Gasteiger partial charge in [0.25, 0.3) is 0 Å². The van der Waals surface area contributed by atoms with Gasteiger partial charge in [0.1, 0.15) is 0 Å². The molecule has 114 valence electrons. The maximum absolute atomic E-state index is 12.2. The van der Waals surface area contributed by atoms with Gasteiger partial charge in [-0.25, -0.2) is 13.1 Å². The Morgan fingerprint density at radius 3 is 2.05 bits per heavy atom. The summed E-state index contributed by atoms with van der Waals surface area (Å²) in [5.74, 6) is -0.126. The predicted molar refractivity (Wildman–Crippen MR) is 81.2 cm³/mol. The van der Waals surface area contributed by atoms with Gasteiger partial charge in [-0.3, -0.25) is 0 Å². The molecular formula is C15H25NO3S. The fourth-order valence-electron chi connectivity index (χ4n) is 1.72. The van der Waals surface area contributed by atoms with Crippen LogP contribution < -0.4 is 4.72 Å². The Balaban J connectivity index is 2.94. The van der Waals surface area contributed by atoms with Crippen molar-refractivity contribution in [2.24, 2.45) is 5.92 Å². The molecule has 0 amide bonds. The highest BCUT2D eigenvalue weighted by Gasteiger charge is 2.21. The highest BCUT2D eigenvalue weighted by atomic mass is 32.2. The lowest BCUT2D eigenvalue weighted by molar-refractivity contribution is 0.216. The lowest BCUT2D eigenvalue weighted by Gasteiger charge is -2.21. The van der Waals surface area contributed by atoms with Crippen molar-refractivity contribution in [1.82, 2.24) is 4.72 Å². The van der Waals surface area contributed by atoms with Crippen molar-refractivity contribution >= 4 is 10.0 Å². The van der Waals surface area contributed by atoms with Gasteiger partial charge in [-0.15, -0.1) is 0 Å². The third-order valence-electron chi connectivity index (χ3n) is 3.51. The number of hydrogen-bond donors (Lipinski definition) is 2. The van der Waals surface area contributed by atoms with Crippen LogP contribution >= 0.6 is 0 Å². The van der Waals surface area contributed by atoms with E-state index < -0.39 is 10.0 Å². The molecule has 0 saturated heterocycles. The van der Waals surface area contributed by atoms with E-state index in [9.17, 15) is 8.42 Å². The zero-order chi connectivity index (χ0) is 15.6. The Labute approximate surface area is 122 Å². The first-order valence-corrected chi connectivity index (χ1v) is 8.30. The first-order chi connectivity index (χ1) is 9.08. The number of benzene rings is 1. The van der Waals surface area contributed by atoms with Gasteiger partial charge in [-0.1, -0.05) is 39.8 Å². The second-order valence-corrected chi connectivity index (χ2v) is 8.06. The number of sulfonamides is 1. The maximum atomic E-state index is 12.2. The van der Waals surface area contributed by atoms with Crippen LogP contribution in [0.4, 0.5) is 0 Å². The minimum absolute atomic E-state index is 0.00554. The zero-order valence-corrected chi connectivity index (χ0v) is 13.7. The molecule has 0 bridgehead atoms. The summed E-state index contributed by atoms with van der Waals surface area (Å²) in [7, 11) is -3.54. The molecule has 0 aliphatic carbocycles. The van der Waals surface area contributed by atoms with E-state index >= 15 is 0 Å². The summed E-state index contributed by atoms with van der Waals surface area (Å²) in [4.78, 5) is 0.252. The Bertz CT molecular complexity index is 529. The molecular weight excluding hydrogens is 274 g/mol. The lowest BCUT2D eigenvalue weighted by Crippen LogP contribution is -2.38. The maximum Gasteiger partial charge on any atom is 0.240 e. The Morgan fingerprint density at radius 2 is 1.65 bits per heavy atom. The molecule has 2 N–H and O–H groups in total. The van der Waals surface area contributed by atoms with Crippen molar-refractivity contribution in [3.8, 4) is 0 Å². The number of aliphatic hydroxyl groups excluding tert-OH is 1. The molecule has 0 aliphatic heterocycles. The molecule has 1 rings (SSSR count). The summed E-state index contributed by atoms with van der Waals surface area (Å²) in [6.07, 6.45) is 0. The third kappa shape index (κ3) is 4.30. The second kappa shape index (κ2) is 6.24. The molecule has 0 aromatic heterocycles. The van der Waals surface area contributed by atoms with Crippen LogP contribution in [0.1, 0.15) is 40.2 Å². The van der Waals surface area contributed by atoms with Crippen molar-refractivity contribution in [2.45, 2.75) is 51.0 Å². The van der Waals surface area contributed by atoms with E-state index in [1.165, 1.54) is 0 Å². The van der Waals surface area contributed by atoms with E-state index in [4.69, 9.17) is 5.11 Å². The van der Waals surface area contributed by atoms with E-state index in [-0.39, 0.29) is 28.9 Å². The summed E-state index contributed by atoms with van der Waals surface area (Å²) >= 11 is 0. The average molecular weight is 299 g/mol. The molecule has 2 unspecified atom stereocenters. The van der Waals surface area contributed by atoms with Gasteiger partial charge in [0.15, 0.2) is 0 Å². The number of aliphatic hydroxyl groups is 1. The molecule has 0 fully saturated rings. The molecule has 0 heterocycles. The minimum atomic E-state index is -3.54. The topological polar surface area (TPSA) is 66.4 Å². The van der Waals surface area contributed by atoms with Crippen LogP contribution in [0.5, 0.6) is 0 Å². The second-order valence-electron chi connectivity index (χ2n) is 6.34. The smallest absolute Gasteiger partial charge is 0.240 e. The summed E-state index contributed by atoms with van der Waals surface area (Å²) in [6.45, 7) is 9.75. The molecule has 1 aromatic carbocycles. The average Bonchev–Trinajstić information content (AvgIpc) is 2.36. The fourth-order valence-corrected chi connectivity index (χ4v) is 3.07. The van der Waals surface area contributed by atoms with Crippen molar-refractivity contribution in [3.63, 3.8) is 0 Å². The van der Waals surface area contributed by atoms with Crippen LogP contribution in [-0.2, 0) is 15.4 Å². The quantitative estimate of drug-likeness (QED) is 0.876. The molecule has 0 saturated carbocycles. The third-order valence-corrected chi connectivity index (χ3v) is 5.09. The number of nitrogens with one attached hydrogen (secondary N) is 1. The van der Waals surface area contributed by atoms with Crippen LogP contribution in [0.25, 0.3) is 0 Å². The first kappa shape index (κ1) is 17.1. The van der Waals surface area contributed by atoms with Gasteiger partial charge >= 0.3 is 0 Å². The van der Waals surface area contributed by atoms with Gasteiger partial charge in [0.2, 0.25) is 10.0 Å². The Kier molecular flexibility index (Phi) is 5.35. The van der Waals surface area contributed by atoms with Crippen LogP contribution in [0.3, 0.4) is 0 Å². The normalized spacial score (nSPS) is 15.9. The summed E-state index contributed by atoms with van der Waals surface area (Å²) < 4.78 is 27.1. The molecule has 0 spiro atoms. The Hall–Kier alpha value is -0.910. The van der Waals surface area contributed by atoms with Crippen molar-refractivity contribution in [1.29, 1.82) is 0 Å².